The van der Waals surface area contributed by atoms with Crippen molar-refractivity contribution in [1.82, 2.24) is 14.5 Å². The Kier molecular flexibility index (Phi) is 7.62. The number of benzene rings is 2. The topological polar surface area (TPSA) is 83.3 Å². The Morgan fingerprint density at radius 1 is 1.00 bits per heavy atom. The lowest BCUT2D eigenvalue weighted by molar-refractivity contribution is -0.155. The molecular weight excluding hydrogens is 506 g/mol. The molecule has 0 aliphatic rings. The molecule has 7 nitrogen and oxygen atoms in total. The molecule has 186 valence electrons. The van der Waals surface area contributed by atoms with Gasteiger partial charge >= 0.3 is 12.1 Å². The van der Waals surface area contributed by atoms with E-state index >= 15 is 0 Å². The summed E-state index contributed by atoms with van der Waals surface area (Å²) in [5.74, 6) is -0.124. The summed E-state index contributed by atoms with van der Waals surface area (Å²) < 4.78 is 12.7. The summed E-state index contributed by atoms with van der Waals surface area (Å²) in [6.07, 6.45) is -0.128. The van der Waals surface area contributed by atoms with E-state index in [0.29, 0.717) is 27.5 Å². The number of esters is 1. The van der Waals surface area contributed by atoms with E-state index in [-0.39, 0.29) is 6.61 Å². The van der Waals surface area contributed by atoms with Crippen LogP contribution in [0.15, 0.2) is 94.9 Å². The molecule has 2 aromatic carbocycles. The molecule has 3 aromatic heterocycles. The summed E-state index contributed by atoms with van der Waals surface area (Å²) in [5.41, 5.74) is 4.61. The number of aromatic nitrogens is 3. The SMILES string of the molecule is Cc1ccc(CSc2nc3cscc3n2C(=O)OC(C(=O)OCc2ccccc2)c2ccccc2)nc1. The predicted molar refractivity (Wildman–Crippen MR) is 143 cm³/mol. The average molecular weight is 530 g/mol. The van der Waals surface area contributed by atoms with Gasteiger partial charge < -0.3 is 9.47 Å². The van der Waals surface area contributed by atoms with Gasteiger partial charge in [0.1, 0.15) is 12.1 Å². The molecule has 0 fully saturated rings. The van der Waals surface area contributed by atoms with Crippen molar-refractivity contribution in [3.63, 3.8) is 0 Å². The molecule has 9 heteroatoms. The van der Waals surface area contributed by atoms with Crippen LogP contribution in [0, 0.1) is 6.92 Å². The van der Waals surface area contributed by atoms with E-state index < -0.39 is 18.2 Å². The minimum atomic E-state index is -1.23. The monoisotopic (exact) mass is 529 g/mol. The van der Waals surface area contributed by atoms with Crippen molar-refractivity contribution >= 4 is 46.2 Å². The molecule has 3 heterocycles. The normalized spacial score (nSPS) is 11.8. The van der Waals surface area contributed by atoms with Crippen LogP contribution < -0.4 is 0 Å². The summed E-state index contributed by atoms with van der Waals surface area (Å²) in [6.45, 7) is 2.06. The first kappa shape index (κ1) is 24.7. The largest absolute Gasteiger partial charge is 0.458 e. The van der Waals surface area contributed by atoms with Gasteiger partial charge in [0.2, 0.25) is 6.10 Å². The van der Waals surface area contributed by atoms with Crippen LogP contribution in [0.25, 0.3) is 11.0 Å². The zero-order valence-electron chi connectivity index (χ0n) is 19.9. The van der Waals surface area contributed by atoms with Crippen LogP contribution in [-0.4, -0.2) is 26.6 Å². The molecule has 0 bridgehead atoms. The lowest BCUT2D eigenvalue weighted by Crippen LogP contribution is -2.25. The minimum absolute atomic E-state index is 0.0745. The van der Waals surface area contributed by atoms with Crippen molar-refractivity contribution in [2.24, 2.45) is 0 Å². The number of rotatable bonds is 8. The second-order valence-corrected chi connectivity index (χ2v) is 9.94. The Balaban J connectivity index is 1.38. The Bertz CT molecular complexity index is 1500. The van der Waals surface area contributed by atoms with Gasteiger partial charge in [-0.1, -0.05) is 78.5 Å². The first-order valence-electron chi connectivity index (χ1n) is 11.5. The quantitative estimate of drug-likeness (QED) is 0.166. The van der Waals surface area contributed by atoms with Gasteiger partial charge in [-0.15, -0.1) is 11.3 Å². The van der Waals surface area contributed by atoms with Crippen molar-refractivity contribution in [2.75, 3.05) is 0 Å². The zero-order chi connectivity index (χ0) is 25.6. The number of hydrogen-bond acceptors (Lipinski definition) is 8. The number of carbonyl (C=O) groups excluding carboxylic acids is 2. The number of imidazole rings is 1. The molecule has 0 aliphatic carbocycles. The van der Waals surface area contributed by atoms with Gasteiger partial charge in [-0.3, -0.25) is 4.98 Å². The molecule has 5 rings (SSSR count). The number of pyridine rings is 1. The second kappa shape index (κ2) is 11.4. The van der Waals surface area contributed by atoms with Crippen molar-refractivity contribution in [3.8, 4) is 0 Å². The number of aryl methyl sites for hydroxylation is 1. The molecule has 0 saturated heterocycles. The average Bonchev–Trinajstić information content (AvgIpc) is 3.52. The van der Waals surface area contributed by atoms with E-state index in [9.17, 15) is 9.59 Å². The van der Waals surface area contributed by atoms with Gasteiger partial charge in [0, 0.05) is 28.3 Å². The standard InChI is InChI=1S/C28H23N3O4S2/c1-19-12-13-22(29-14-19)16-37-27-30-23-17-36-18-24(23)31(27)28(33)35-25(21-10-6-3-7-11-21)26(32)34-15-20-8-4-2-5-9-20/h2-14,17-18,25H,15-16H2,1H3. The Labute approximate surface area is 222 Å². The molecule has 5 aromatic rings. The fraction of sp³-hybridized carbons (Fsp3) is 0.143. The highest BCUT2D eigenvalue weighted by Crippen LogP contribution is 2.30. The Morgan fingerprint density at radius 2 is 1.76 bits per heavy atom. The van der Waals surface area contributed by atoms with Crippen LogP contribution in [0.3, 0.4) is 0 Å². The zero-order valence-corrected chi connectivity index (χ0v) is 21.6. The lowest BCUT2D eigenvalue weighted by atomic mass is 10.1. The fourth-order valence-corrected chi connectivity index (χ4v) is 5.26. The summed E-state index contributed by atoms with van der Waals surface area (Å²) in [4.78, 5) is 35.7. The highest BCUT2D eigenvalue weighted by Gasteiger charge is 2.29. The fourth-order valence-electron chi connectivity index (χ4n) is 3.62. The first-order chi connectivity index (χ1) is 18.1. The molecule has 0 spiro atoms. The molecular formula is C28H23N3O4S2. The third-order valence-corrected chi connectivity index (χ3v) is 7.22. The molecule has 1 atom stereocenters. The summed E-state index contributed by atoms with van der Waals surface area (Å²) in [6, 6.07) is 22.2. The minimum Gasteiger partial charge on any atom is -0.458 e. The van der Waals surface area contributed by atoms with Gasteiger partial charge in [-0.2, -0.15) is 0 Å². The van der Waals surface area contributed by atoms with E-state index in [1.165, 1.54) is 27.7 Å². The highest BCUT2D eigenvalue weighted by atomic mass is 32.2. The van der Waals surface area contributed by atoms with Crippen molar-refractivity contribution in [3.05, 3.63) is 112 Å². The summed E-state index contributed by atoms with van der Waals surface area (Å²) in [5, 5.41) is 4.17. The molecule has 0 amide bonds. The predicted octanol–water partition coefficient (Wildman–Crippen LogP) is 6.56. The van der Waals surface area contributed by atoms with Gasteiger partial charge in [0.25, 0.3) is 0 Å². The van der Waals surface area contributed by atoms with Crippen LogP contribution in [-0.2, 0) is 26.6 Å². The van der Waals surface area contributed by atoms with Crippen molar-refractivity contribution in [1.29, 1.82) is 0 Å². The van der Waals surface area contributed by atoms with Crippen molar-refractivity contribution < 1.29 is 19.1 Å². The number of fused-ring (bicyclic) bond motifs is 1. The van der Waals surface area contributed by atoms with Crippen molar-refractivity contribution in [2.45, 2.75) is 30.5 Å². The number of hydrogen-bond donors (Lipinski definition) is 0. The van der Waals surface area contributed by atoms with E-state index in [0.717, 1.165) is 16.8 Å². The Morgan fingerprint density at radius 3 is 2.49 bits per heavy atom. The second-order valence-electron chi connectivity index (χ2n) is 8.26. The van der Waals surface area contributed by atoms with Crippen LogP contribution in [0.1, 0.15) is 28.5 Å². The maximum absolute atomic E-state index is 13.5. The molecule has 0 saturated carbocycles. The van der Waals surface area contributed by atoms with Crippen LogP contribution >= 0.6 is 23.1 Å². The van der Waals surface area contributed by atoms with E-state index in [2.05, 4.69) is 9.97 Å². The first-order valence-corrected chi connectivity index (χ1v) is 13.5. The van der Waals surface area contributed by atoms with E-state index in [1.807, 2.05) is 66.2 Å². The molecule has 0 radical (unpaired) electrons. The number of nitrogens with zero attached hydrogens (tertiary/aromatic N) is 3. The Hall–Kier alpha value is -3.95. The number of thiophene rings is 1. The van der Waals surface area contributed by atoms with Gasteiger partial charge in [0.05, 0.1) is 11.2 Å². The third-order valence-electron chi connectivity index (χ3n) is 5.53. The summed E-state index contributed by atoms with van der Waals surface area (Å²) in [7, 11) is 0. The van der Waals surface area contributed by atoms with Crippen LogP contribution in [0.5, 0.6) is 0 Å². The third kappa shape index (κ3) is 5.90. The molecule has 37 heavy (non-hydrogen) atoms. The maximum atomic E-state index is 13.5. The van der Waals surface area contributed by atoms with E-state index in [4.69, 9.17) is 9.47 Å². The molecule has 1 unspecified atom stereocenters. The number of ether oxygens (including phenoxy) is 2. The summed E-state index contributed by atoms with van der Waals surface area (Å²) >= 11 is 2.82. The number of carbonyl (C=O) groups is 2. The van der Waals surface area contributed by atoms with Crippen LogP contribution in [0.2, 0.25) is 0 Å². The number of thioether (sulfide) groups is 1. The van der Waals surface area contributed by atoms with Crippen LogP contribution in [0.4, 0.5) is 4.79 Å². The maximum Gasteiger partial charge on any atom is 0.421 e. The highest BCUT2D eigenvalue weighted by molar-refractivity contribution is 7.98. The van der Waals surface area contributed by atoms with Gasteiger partial charge in [-0.25, -0.2) is 19.1 Å². The smallest absolute Gasteiger partial charge is 0.421 e. The van der Waals surface area contributed by atoms with Gasteiger partial charge in [0.15, 0.2) is 5.16 Å². The molecule has 0 aliphatic heterocycles. The van der Waals surface area contributed by atoms with E-state index in [1.54, 1.807) is 30.5 Å². The van der Waals surface area contributed by atoms with Gasteiger partial charge in [-0.05, 0) is 24.1 Å². The lowest BCUT2D eigenvalue weighted by Gasteiger charge is -2.18. The molecule has 0 N–H and O–H groups in total.